The maximum Gasteiger partial charge on any atom is 0.407 e. The second-order valence-electron chi connectivity index (χ2n) is 14.5. The number of aromatic amines is 2. The summed E-state index contributed by atoms with van der Waals surface area (Å²) in [7, 11) is 2.88. The number of rotatable bonds is 11. The SMILES string of the molecule is CC[C@@H](C(=O)N1[C@@H](C)CC[C@H]1c1ncc(-c2ccc(-c3ccc(-c4cnc([C@@H]5CC[C@H](C)N5C(=O)[C@H](CC)N(C)C(=O)O)[nH]4)cc3)cc2)[nH]1)N(C)C(=O)O. The number of benzene rings is 2. The van der Waals surface area contributed by atoms with Crippen molar-refractivity contribution < 1.29 is 29.4 Å². The van der Waals surface area contributed by atoms with E-state index in [4.69, 9.17) is 0 Å². The number of carbonyl (C=O) groups excluding carboxylic acids is 2. The van der Waals surface area contributed by atoms with Crippen molar-refractivity contribution in [1.82, 2.24) is 39.5 Å². The van der Waals surface area contributed by atoms with Crippen molar-refractivity contribution in [1.29, 1.82) is 0 Å². The number of H-pyrrole nitrogens is 2. The highest BCUT2D eigenvalue weighted by atomic mass is 16.4. The van der Waals surface area contributed by atoms with Crippen LogP contribution in [0.4, 0.5) is 9.59 Å². The van der Waals surface area contributed by atoms with Crippen molar-refractivity contribution in [2.75, 3.05) is 14.1 Å². The molecule has 286 valence electrons. The fraction of sp³-hybridized carbons (Fsp3) is 0.450. The third-order valence-electron chi connectivity index (χ3n) is 11.3. The molecule has 14 heteroatoms. The van der Waals surface area contributed by atoms with E-state index < -0.39 is 24.3 Å². The van der Waals surface area contributed by atoms with Gasteiger partial charge in [0.2, 0.25) is 11.8 Å². The molecule has 0 aliphatic carbocycles. The summed E-state index contributed by atoms with van der Waals surface area (Å²) in [5.41, 5.74) is 5.65. The molecule has 2 aliphatic rings. The summed E-state index contributed by atoms with van der Waals surface area (Å²) in [5, 5.41) is 19.0. The standard InChI is InChI=1S/C40H50N8O6/c1-7-31(45(5)39(51)52)37(49)47-23(3)9-19-33(47)35-41-21-29(43-35)27-15-11-25(12-16-27)26-13-17-28(18-14-26)30-22-42-36(44-30)34-20-10-24(4)48(34)38(50)32(8-2)46(6)40(53)54/h11-18,21-24,31-34H,7-10,19-20H2,1-6H3,(H,41,43)(H,42,44)(H,51,52)(H,53,54)/t23-,24-,31-,32-,33-,34-/m0/s1. The zero-order chi connectivity index (χ0) is 38.8. The van der Waals surface area contributed by atoms with Gasteiger partial charge in [0.1, 0.15) is 23.7 Å². The number of nitrogens with one attached hydrogen (secondary N) is 2. The van der Waals surface area contributed by atoms with Gasteiger partial charge in [0.25, 0.3) is 0 Å². The van der Waals surface area contributed by atoms with Gasteiger partial charge in [-0.15, -0.1) is 0 Å². The number of nitrogens with zero attached hydrogens (tertiary/aromatic N) is 6. The molecule has 0 radical (unpaired) electrons. The van der Waals surface area contributed by atoms with Gasteiger partial charge in [0.05, 0.1) is 35.9 Å². The van der Waals surface area contributed by atoms with E-state index in [9.17, 15) is 29.4 Å². The summed E-state index contributed by atoms with van der Waals surface area (Å²) in [4.78, 5) is 72.4. The van der Waals surface area contributed by atoms with Gasteiger partial charge < -0.3 is 30.0 Å². The summed E-state index contributed by atoms with van der Waals surface area (Å²) in [5.74, 6) is 0.979. The normalized spacial score (nSPS) is 20.9. The first kappa shape index (κ1) is 38.1. The number of hydrogen-bond donors (Lipinski definition) is 4. The van der Waals surface area contributed by atoms with Crippen LogP contribution in [0.5, 0.6) is 0 Å². The largest absolute Gasteiger partial charge is 0.465 e. The Balaban J connectivity index is 1.13. The van der Waals surface area contributed by atoms with E-state index in [0.29, 0.717) is 24.5 Å². The Morgan fingerprint density at radius 3 is 1.30 bits per heavy atom. The topological polar surface area (TPSA) is 179 Å². The number of likely N-dealkylation sites (N-methyl/N-ethyl adjacent to an activating group) is 2. The summed E-state index contributed by atoms with van der Waals surface area (Å²) >= 11 is 0. The number of carbonyl (C=O) groups is 4. The van der Waals surface area contributed by atoms with Crippen LogP contribution in [0.1, 0.15) is 90.0 Å². The van der Waals surface area contributed by atoms with Crippen LogP contribution in [0.15, 0.2) is 60.9 Å². The highest BCUT2D eigenvalue weighted by molar-refractivity contribution is 5.87. The summed E-state index contributed by atoms with van der Waals surface area (Å²) in [6.07, 6.45) is 5.18. The van der Waals surface area contributed by atoms with Gasteiger partial charge in [-0.3, -0.25) is 19.4 Å². The number of carboxylic acid groups (broad SMARTS) is 2. The Labute approximate surface area is 315 Å². The summed E-state index contributed by atoms with van der Waals surface area (Å²) < 4.78 is 0. The van der Waals surface area contributed by atoms with Crippen molar-refractivity contribution in [3.63, 3.8) is 0 Å². The molecule has 54 heavy (non-hydrogen) atoms. The molecule has 4 heterocycles. The van der Waals surface area contributed by atoms with E-state index in [-0.39, 0.29) is 36.0 Å². The molecule has 2 aromatic heterocycles. The molecule has 2 fully saturated rings. The van der Waals surface area contributed by atoms with Gasteiger partial charge in [-0.2, -0.15) is 0 Å². The molecule has 2 aliphatic heterocycles. The lowest BCUT2D eigenvalue weighted by Crippen LogP contribution is -2.50. The Morgan fingerprint density at radius 1 is 0.648 bits per heavy atom. The fourth-order valence-corrected chi connectivity index (χ4v) is 8.08. The zero-order valence-electron chi connectivity index (χ0n) is 31.7. The maximum atomic E-state index is 13.6. The van der Waals surface area contributed by atoms with E-state index in [2.05, 4.69) is 44.2 Å². The maximum absolute atomic E-state index is 13.6. The van der Waals surface area contributed by atoms with Crippen LogP contribution < -0.4 is 0 Å². The van der Waals surface area contributed by atoms with Crippen molar-refractivity contribution >= 4 is 24.0 Å². The van der Waals surface area contributed by atoms with E-state index in [0.717, 1.165) is 69.1 Å². The molecule has 6 rings (SSSR count). The first-order valence-corrected chi connectivity index (χ1v) is 18.7. The highest BCUT2D eigenvalue weighted by Crippen LogP contribution is 2.38. The predicted octanol–water partition coefficient (Wildman–Crippen LogP) is 7.01. The van der Waals surface area contributed by atoms with Gasteiger partial charge in [-0.25, -0.2) is 19.6 Å². The van der Waals surface area contributed by atoms with Crippen molar-refractivity contribution in [2.45, 2.75) is 102 Å². The lowest BCUT2D eigenvalue weighted by molar-refractivity contribution is -0.139. The number of amides is 4. The van der Waals surface area contributed by atoms with Crippen molar-refractivity contribution in [2.24, 2.45) is 0 Å². The molecular formula is C40H50N8O6. The minimum atomic E-state index is -1.13. The van der Waals surface area contributed by atoms with E-state index in [1.54, 1.807) is 22.2 Å². The summed E-state index contributed by atoms with van der Waals surface area (Å²) in [6.45, 7) is 7.63. The smallest absolute Gasteiger partial charge is 0.407 e. The number of imidazole rings is 2. The molecule has 0 saturated carbocycles. The quantitative estimate of drug-likeness (QED) is 0.127. The molecule has 0 unspecified atom stereocenters. The summed E-state index contributed by atoms with van der Waals surface area (Å²) in [6, 6.07) is 14.3. The molecule has 6 atom stereocenters. The Hall–Kier alpha value is -5.66. The number of aromatic nitrogens is 4. The Kier molecular flexibility index (Phi) is 11.1. The first-order valence-electron chi connectivity index (χ1n) is 18.7. The molecule has 0 spiro atoms. The molecular weight excluding hydrogens is 688 g/mol. The minimum absolute atomic E-state index is 0.0292. The average Bonchev–Trinajstić information content (AvgIpc) is 3.99. The van der Waals surface area contributed by atoms with Crippen LogP contribution in [0, 0.1) is 0 Å². The van der Waals surface area contributed by atoms with Gasteiger partial charge in [-0.05, 0) is 74.6 Å². The van der Waals surface area contributed by atoms with Crippen molar-refractivity contribution in [3.05, 3.63) is 72.6 Å². The van der Waals surface area contributed by atoms with E-state index in [1.807, 2.05) is 52.0 Å². The van der Waals surface area contributed by atoms with Crippen LogP contribution in [0.3, 0.4) is 0 Å². The monoisotopic (exact) mass is 738 g/mol. The molecule has 0 bridgehead atoms. The highest BCUT2D eigenvalue weighted by Gasteiger charge is 2.42. The lowest BCUT2D eigenvalue weighted by atomic mass is 10.0. The fourth-order valence-electron chi connectivity index (χ4n) is 8.08. The van der Waals surface area contributed by atoms with Crippen LogP contribution in [0.25, 0.3) is 33.6 Å². The van der Waals surface area contributed by atoms with Crippen LogP contribution in [-0.2, 0) is 9.59 Å². The van der Waals surface area contributed by atoms with Crippen LogP contribution >= 0.6 is 0 Å². The van der Waals surface area contributed by atoms with Crippen molar-refractivity contribution in [3.8, 4) is 33.6 Å². The lowest BCUT2D eigenvalue weighted by Gasteiger charge is -2.33. The number of likely N-dealkylation sites (tertiary alicyclic amines) is 2. The van der Waals surface area contributed by atoms with Crippen LogP contribution in [-0.4, -0.2) is 112 Å². The predicted molar refractivity (Wildman–Crippen MR) is 203 cm³/mol. The van der Waals surface area contributed by atoms with E-state index >= 15 is 0 Å². The molecule has 2 saturated heterocycles. The second-order valence-corrected chi connectivity index (χ2v) is 14.5. The van der Waals surface area contributed by atoms with Gasteiger partial charge in [0.15, 0.2) is 0 Å². The molecule has 4 N–H and O–H groups in total. The molecule has 4 amide bonds. The Bertz CT molecular complexity index is 1830. The molecule has 4 aromatic rings. The van der Waals surface area contributed by atoms with Gasteiger partial charge in [-0.1, -0.05) is 62.4 Å². The van der Waals surface area contributed by atoms with Gasteiger partial charge >= 0.3 is 12.2 Å². The minimum Gasteiger partial charge on any atom is -0.465 e. The Morgan fingerprint density at radius 2 is 0.981 bits per heavy atom. The third kappa shape index (κ3) is 7.29. The van der Waals surface area contributed by atoms with Crippen LogP contribution in [0.2, 0.25) is 0 Å². The second kappa shape index (κ2) is 15.7. The molecule has 2 aromatic carbocycles. The average molecular weight is 739 g/mol. The third-order valence-corrected chi connectivity index (χ3v) is 11.3. The van der Waals surface area contributed by atoms with E-state index in [1.165, 1.54) is 14.1 Å². The zero-order valence-corrected chi connectivity index (χ0v) is 31.7. The first-order chi connectivity index (χ1) is 25.8. The molecule has 14 nitrogen and oxygen atoms in total. The van der Waals surface area contributed by atoms with Gasteiger partial charge in [0, 0.05) is 26.2 Å². The number of hydrogen-bond acceptors (Lipinski definition) is 6.